The third-order valence-corrected chi connectivity index (χ3v) is 9.80. The number of methoxy groups -OCH3 is 1. The van der Waals surface area contributed by atoms with Crippen LogP contribution in [0.4, 0.5) is 5.82 Å². The highest BCUT2D eigenvalue weighted by Crippen LogP contribution is 2.37. The molecule has 0 aromatic carbocycles. The van der Waals surface area contributed by atoms with Gasteiger partial charge in [0.05, 0.1) is 55.9 Å². The molecule has 11 heteroatoms. The van der Waals surface area contributed by atoms with Crippen molar-refractivity contribution in [2.45, 2.75) is 43.4 Å². The molecule has 4 aromatic rings. The lowest BCUT2D eigenvalue weighted by Crippen LogP contribution is -2.68. The Bertz CT molecular complexity index is 1680. The van der Waals surface area contributed by atoms with Gasteiger partial charge >= 0.3 is 0 Å². The molecular formula is C33H36N8O3. The summed E-state index contributed by atoms with van der Waals surface area (Å²) < 4.78 is 18.6. The van der Waals surface area contributed by atoms with Gasteiger partial charge in [0, 0.05) is 61.3 Å². The van der Waals surface area contributed by atoms with E-state index in [2.05, 4.69) is 49.5 Å². The van der Waals surface area contributed by atoms with Gasteiger partial charge in [0.2, 0.25) is 5.88 Å². The van der Waals surface area contributed by atoms with Crippen molar-refractivity contribution in [1.29, 1.82) is 5.26 Å². The molecular weight excluding hydrogens is 556 g/mol. The van der Waals surface area contributed by atoms with Gasteiger partial charge < -0.3 is 24.4 Å². The molecule has 1 spiro atoms. The quantitative estimate of drug-likeness (QED) is 0.311. The van der Waals surface area contributed by atoms with Crippen LogP contribution in [-0.2, 0) is 11.3 Å². The lowest BCUT2D eigenvalue weighted by molar-refractivity contribution is -0.0661. The number of piperidine rings is 1. The van der Waals surface area contributed by atoms with Gasteiger partial charge in [-0.3, -0.25) is 4.90 Å². The van der Waals surface area contributed by atoms with E-state index < -0.39 is 0 Å². The Labute approximate surface area is 256 Å². The predicted octanol–water partition coefficient (Wildman–Crippen LogP) is 3.28. The SMILES string of the molecule is COc1ccc(CN2C3CC2CN(c2ccc(-c4cc(OCCC5CNC6(COC6)C5)cn5ncc(C#N)c45)cn2)C3)cn1. The monoisotopic (exact) mass is 592 g/mol. The molecule has 0 amide bonds. The van der Waals surface area contributed by atoms with Gasteiger partial charge in [-0.05, 0) is 55.5 Å². The third-order valence-electron chi connectivity index (χ3n) is 9.80. The number of nitrogens with one attached hydrogen (secondary N) is 1. The second-order valence-electron chi connectivity index (χ2n) is 12.6. The van der Waals surface area contributed by atoms with Crippen molar-refractivity contribution in [3.63, 3.8) is 0 Å². The second kappa shape index (κ2) is 11.0. The fraction of sp³-hybridized carbons (Fsp3) is 0.455. The number of aromatic nitrogens is 4. The molecule has 5 aliphatic heterocycles. The van der Waals surface area contributed by atoms with E-state index in [0.29, 0.717) is 36.1 Å². The maximum absolute atomic E-state index is 9.79. The molecule has 5 fully saturated rings. The van der Waals surface area contributed by atoms with E-state index in [1.165, 1.54) is 12.0 Å². The van der Waals surface area contributed by atoms with Gasteiger partial charge in [-0.1, -0.05) is 6.07 Å². The molecule has 11 nitrogen and oxygen atoms in total. The fourth-order valence-corrected chi connectivity index (χ4v) is 7.35. The largest absolute Gasteiger partial charge is 0.492 e. The van der Waals surface area contributed by atoms with Crippen molar-refractivity contribution >= 4 is 11.3 Å². The van der Waals surface area contributed by atoms with Crippen LogP contribution in [0.5, 0.6) is 11.6 Å². The van der Waals surface area contributed by atoms with Crippen molar-refractivity contribution < 1.29 is 14.2 Å². The average molecular weight is 593 g/mol. The van der Waals surface area contributed by atoms with Crippen LogP contribution < -0.4 is 19.7 Å². The number of hydrogen-bond donors (Lipinski definition) is 1. The molecule has 5 aliphatic rings. The zero-order chi connectivity index (χ0) is 29.7. The van der Waals surface area contributed by atoms with E-state index in [9.17, 15) is 5.26 Å². The Balaban J connectivity index is 0.950. The van der Waals surface area contributed by atoms with Gasteiger partial charge in [0.1, 0.15) is 17.6 Å². The Kier molecular flexibility index (Phi) is 6.85. The smallest absolute Gasteiger partial charge is 0.212 e. The summed E-state index contributed by atoms with van der Waals surface area (Å²) in [4.78, 5) is 14.2. The number of hydrogen-bond acceptors (Lipinski definition) is 10. The van der Waals surface area contributed by atoms with Crippen LogP contribution in [0.15, 0.2) is 55.1 Å². The number of nitrogens with zero attached hydrogens (tertiary/aromatic N) is 7. The normalized spacial score (nSPS) is 23.7. The van der Waals surface area contributed by atoms with Crippen molar-refractivity contribution in [2.75, 3.05) is 51.5 Å². The number of anilines is 1. The van der Waals surface area contributed by atoms with Crippen molar-refractivity contribution in [2.24, 2.45) is 5.92 Å². The van der Waals surface area contributed by atoms with Crippen LogP contribution >= 0.6 is 0 Å². The third kappa shape index (κ3) is 4.93. The topological polar surface area (TPSA) is 113 Å². The highest BCUT2D eigenvalue weighted by Gasteiger charge is 2.45. The molecule has 9 rings (SSSR count). The molecule has 1 N–H and O–H groups in total. The average Bonchev–Trinajstić information content (AvgIpc) is 3.69. The summed E-state index contributed by atoms with van der Waals surface area (Å²) in [6.07, 6.45) is 10.6. The first-order valence-corrected chi connectivity index (χ1v) is 15.4. The predicted molar refractivity (Wildman–Crippen MR) is 164 cm³/mol. The number of ether oxygens (including phenoxy) is 3. The van der Waals surface area contributed by atoms with E-state index in [1.54, 1.807) is 17.8 Å². The van der Waals surface area contributed by atoms with Crippen LogP contribution in [-0.4, -0.2) is 88.7 Å². The van der Waals surface area contributed by atoms with Gasteiger partial charge in [-0.2, -0.15) is 10.4 Å². The minimum absolute atomic E-state index is 0.196. The lowest BCUT2D eigenvalue weighted by Gasteiger charge is -2.56. The van der Waals surface area contributed by atoms with E-state index >= 15 is 0 Å². The van der Waals surface area contributed by atoms with Gasteiger partial charge in [-0.25, -0.2) is 14.5 Å². The molecule has 226 valence electrons. The molecule has 0 aliphatic carbocycles. The number of fused-ring (bicyclic) bond motifs is 3. The van der Waals surface area contributed by atoms with Crippen LogP contribution in [0.25, 0.3) is 16.6 Å². The Morgan fingerprint density at radius 3 is 2.68 bits per heavy atom. The summed E-state index contributed by atoms with van der Waals surface area (Å²) in [5, 5.41) is 17.9. The molecule has 3 atom stereocenters. The molecule has 44 heavy (non-hydrogen) atoms. The molecule has 5 saturated heterocycles. The summed E-state index contributed by atoms with van der Waals surface area (Å²) >= 11 is 0. The number of nitriles is 1. The highest BCUT2D eigenvalue weighted by atomic mass is 16.5. The van der Waals surface area contributed by atoms with Crippen LogP contribution in [0.1, 0.15) is 30.4 Å². The van der Waals surface area contributed by atoms with E-state index in [4.69, 9.17) is 19.2 Å². The van der Waals surface area contributed by atoms with Crippen molar-refractivity contribution in [1.82, 2.24) is 29.8 Å². The van der Waals surface area contributed by atoms with Gasteiger partial charge in [-0.15, -0.1) is 0 Å². The molecule has 0 saturated carbocycles. The minimum Gasteiger partial charge on any atom is -0.492 e. The molecule has 9 heterocycles. The Morgan fingerprint density at radius 2 is 2.00 bits per heavy atom. The second-order valence-corrected chi connectivity index (χ2v) is 12.6. The Morgan fingerprint density at radius 1 is 1.11 bits per heavy atom. The summed E-state index contributed by atoms with van der Waals surface area (Å²) in [6, 6.07) is 13.5. The Hall–Kier alpha value is -4.24. The van der Waals surface area contributed by atoms with E-state index in [1.807, 2.05) is 30.7 Å². The van der Waals surface area contributed by atoms with Crippen LogP contribution in [0.3, 0.4) is 0 Å². The first kappa shape index (κ1) is 27.3. The highest BCUT2D eigenvalue weighted by molar-refractivity contribution is 5.85. The summed E-state index contributed by atoms with van der Waals surface area (Å²) in [7, 11) is 1.64. The fourth-order valence-electron chi connectivity index (χ4n) is 7.35. The van der Waals surface area contributed by atoms with Gasteiger partial charge in [0.25, 0.3) is 0 Å². The van der Waals surface area contributed by atoms with Gasteiger partial charge in [0.15, 0.2) is 0 Å². The molecule has 0 radical (unpaired) electrons. The zero-order valence-corrected chi connectivity index (χ0v) is 24.9. The van der Waals surface area contributed by atoms with E-state index in [0.717, 1.165) is 80.4 Å². The van der Waals surface area contributed by atoms with Crippen molar-refractivity contribution in [3.8, 4) is 28.8 Å². The molecule has 4 aromatic heterocycles. The standard InChI is InChI=1S/C33H36N8O3/c1-42-31-5-2-23(12-36-31)16-40-26-8-27(40)18-39(17-26)30-4-3-24(14-35-30)29-9-28(19-41-32(29)25(11-34)15-38-41)44-7-6-22-10-33(37-13-22)20-43-21-33/h2-5,9,12,14-15,19,22,26-27,37H,6-8,10,13,16-18,20-21H2,1H3. The first-order valence-electron chi connectivity index (χ1n) is 15.4. The van der Waals surface area contributed by atoms with Crippen molar-refractivity contribution in [3.05, 3.63) is 66.2 Å². The number of piperazine rings is 1. The van der Waals surface area contributed by atoms with Crippen LogP contribution in [0, 0.1) is 17.2 Å². The maximum atomic E-state index is 9.79. The molecule has 3 unspecified atom stereocenters. The molecule has 2 bridgehead atoms. The van der Waals surface area contributed by atoms with Crippen LogP contribution in [0.2, 0.25) is 0 Å². The van der Waals surface area contributed by atoms with E-state index in [-0.39, 0.29) is 5.54 Å². The lowest BCUT2D eigenvalue weighted by atomic mass is 9.87. The zero-order valence-electron chi connectivity index (χ0n) is 24.9. The first-order chi connectivity index (χ1) is 21.6. The maximum Gasteiger partial charge on any atom is 0.212 e. The minimum atomic E-state index is 0.196. The summed E-state index contributed by atoms with van der Waals surface area (Å²) in [5.41, 5.74) is 4.53. The summed E-state index contributed by atoms with van der Waals surface area (Å²) in [6.45, 7) is 6.07. The number of pyridine rings is 3. The number of rotatable bonds is 9. The summed E-state index contributed by atoms with van der Waals surface area (Å²) in [5.74, 6) is 2.94.